The van der Waals surface area contributed by atoms with E-state index in [9.17, 15) is 0 Å². The fraction of sp³-hybridized carbons (Fsp3) is 0.750. The molecular formula is C12H21N3S. The van der Waals surface area contributed by atoms with Gasteiger partial charge in [0.25, 0.3) is 0 Å². The lowest BCUT2D eigenvalue weighted by Crippen LogP contribution is -2.36. The molecule has 1 aromatic heterocycles. The first-order valence-electron chi connectivity index (χ1n) is 6.12. The third-order valence-electron chi connectivity index (χ3n) is 3.29. The molecule has 0 aliphatic heterocycles. The maximum absolute atomic E-state index is 4.20. The molecule has 1 N–H and O–H groups in total. The molecule has 2 atom stereocenters. The van der Waals surface area contributed by atoms with Gasteiger partial charge in [-0.15, -0.1) is 0 Å². The van der Waals surface area contributed by atoms with Gasteiger partial charge in [0, 0.05) is 30.2 Å². The van der Waals surface area contributed by atoms with E-state index in [1.54, 1.807) is 0 Å². The molecule has 0 amide bonds. The molecule has 2 unspecified atom stereocenters. The molecule has 4 heteroatoms. The van der Waals surface area contributed by atoms with Crippen molar-refractivity contribution in [2.45, 2.75) is 43.5 Å². The van der Waals surface area contributed by atoms with Gasteiger partial charge in [0.2, 0.25) is 0 Å². The summed E-state index contributed by atoms with van der Waals surface area (Å²) in [6, 6.07) is 2.70. The van der Waals surface area contributed by atoms with E-state index in [0.717, 1.165) is 24.4 Å². The number of rotatable bonds is 5. The van der Waals surface area contributed by atoms with Gasteiger partial charge in [-0.25, -0.2) is 0 Å². The SMILES string of the molecule is CSC1CCCC(NCCn2cccn2)C1. The maximum Gasteiger partial charge on any atom is 0.0534 e. The zero-order valence-corrected chi connectivity index (χ0v) is 10.7. The number of thioether (sulfide) groups is 1. The minimum atomic E-state index is 0.724. The van der Waals surface area contributed by atoms with Crippen LogP contribution in [0.25, 0.3) is 0 Å². The summed E-state index contributed by atoms with van der Waals surface area (Å²) in [6.07, 6.45) is 11.5. The van der Waals surface area contributed by atoms with Crippen molar-refractivity contribution < 1.29 is 0 Å². The summed E-state index contributed by atoms with van der Waals surface area (Å²) in [6.45, 7) is 2.01. The van der Waals surface area contributed by atoms with Crippen LogP contribution in [0.4, 0.5) is 0 Å². The average Bonchev–Trinajstić information content (AvgIpc) is 2.82. The minimum Gasteiger partial charge on any atom is -0.312 e. The molecule has 1 aliphatic carbocycles. The van der Waals surface area contributed by atoms with Gasteiger partial charge < -0.3 is 5.32 Å². The Labute approximate surface area is 102 Å². The van der Waals surface area contributed by atoms with Crippen LogP contribution in [0.15, 0.2) is 18.5 Å². The Morgan fingerprint density at radius 2 is 2.44 bits per heavy atom. The van der Waals surface area contributed by atoms with Crippen molar-refractivity contribution in [1.29, 1.82) is 0 Å². The summed E-state index contributed by atoms with van der Waals surface area (Å²) in [4.78, 5) is 0. The molecule has 1 aliphatic rings. The molecule has 0 bridgehead atoms. The van der Waals surface area contributed by atoms with Crippen LogP contribution in [-0.4, -0.2) is 33.9 Å². The number of aromatic nitrogens is 2. The highest BCUT2D eigenvalue weighted by Gasteiger charge is 2.20. The second-order valence-electron chi connectivity index (χ2n) is 4.44. The summed E-state index contributed by atoms with van der Waals surface area (Å²) >= 11 is 2.02. The van der Waals surface area contributed by atoms with Crippen molar-refractivity contribution in [3.05, 3.63) is 18.5 Å². The lowest BCUT2D eigenvalue weighted by molar-refractivity contribution is 0.371. The van der Waals surface area contributed by atoms with E-state index in [1.165, 1.54) is 25.7 Å². The van der Waals surface area contributed by atoms with Crippen molar-refractivity contribution in [1.82, 2.24) is 15.1 Å². The van der Waals surface area contributed by atoms with Crippen LogP contribution in [0.5, 0.6) is 0 Å². The normalized spacial score (nSPS) is 25.8. The largest absolute Gasteiger partial charge is 0.312 e. The van der Waals surface area contributed by atoms with Crippen LogP contribution < -0.4 is 5.32 Å². The fourth-order valence-corrected chi connectivity index (χ4v) is 3.19. The summed E-state index contributed by atoms with van der Waals surface area (Å²) in [5.74, 6) is 0. The molecule has 90 valence electrons. The zero-order chi connectivity index (χ0) is 11.2. The standard InChI is InChI=1S/C12H21N3S/c1-16-12-5-2-4-11(10-12)13-7-9-15-8-3-6-14-15/h3,6,8,11-13H,2,4-5,7,9-10H2,1H3. The smallest absolute Gasteiger partial charge is 0.0534 e. The highest BCUT2D eigenvalue weighted by molar-refractivity contribution is 7.99. The molecule has 1 saturated carbocycles. The highest BCUT2D eigenvalue weighted by atomic mass is 32.2. The number of nitrogens with one attached hydrogen (secondary N) is 1. The molecular weight excluding hydrogens is 218 g/mol. The van der Waals surface area contributed by atoms with Gasteiger partial charge in [-0.2, -0.15) is 16.9 Å². The second kappa shape index (κ2) is 6.30. The zero-order valence-electron chi connectivity index (χ0n) is 9.93. The van der Waals surface area contributed by atoms with Gasteiger partial charge in [0.1, 0.15) is 0 Å². The molecule has 1 fully saturated rings. The number of hydrogen-bond donors (Lipinski definition) is 1. The molecule has 0 radical (unpaired) electrons. The Hall–Kier alpha value is -0.480. The summed E-state index contributed by atoms with van der Waals surface area (Å²) < 4.78 is 1.99. The van der Waals surface area contributed by atoms with Crippen molar-refractivity contribution in [3.8, 4) is 0 Å². The van der Waals surface area contributed by atoms with Crippen LogP contribution in [-0.2, 0) is 6.54 Å². The molecule has 16 heavy (non-hydrogen) atoms. The molecule has 1 heterocycles. The van der Waals surface area contributed by atoms with Crippen molar-refractivity contribution in [3.63, 3.8) is 0 Å². The Kier molecular flexibility index (Phi) is 4.72. The summed E-state index contributed by atoms with van der Waals surface area (Å²) in [5, 5.41) is 8.72. The quantitative estimate of drug-likeness (QED) is 0.854. The lowest BCUT2D eigenvalue weighted by atomic mass is 9.95. The first-order valence-corrected chi connectivity index (χ1v) is 7.41. The van der Waals surface area contributed by atoms with E-state index in [0.29, 0.717) is 0 Å². The fourth-order valence-electron chi connectivity index (χ4n) is 2.36. The predicted molar refractivity (Wildman–Crippen MR) is 69.8 cm³/mol. The van der Waals surface area contributed by atoms with Crippen LogP contribution >= 0.6 is 11.8 Å². The van der Waals surface area contributed by atoms with E-state index in [4.69, 9.17) is 0 Å². The second-order valence-corrected chi connectivity index (χ2v) is 5.58. The molecule has 0 saturated heterocycles. The van der Waals surface area contributed by atoms with E-state index in [2.05, 4.69) is 16.7 Å². The van der Waals surface area contributed by atoms with E-state index in [1.807, 2.05) is 34.9 Å². The Morgan fingerprint density at radius 3 is 3.19 bits per heavy atom. The van der Waals surface area contributed by atoms with Gasteiger partial charge in [0.15, 0.2) is 0 Å². The molecule has 0 spiro atoms. The molecule has 1 aromatic rings. The highest BCUT2D eigenvalue weighted by Crippen LogP contribution is 2.26. The lowest BCUT2D eigenvalue weighted by Gasteiger charge is -2.28. The first kappa shape index (κ1) is 12.0. The van der Waals surface area contributed by atoms with Crippen LogP contribution in [0.3, 0.4) is 0 Å². The number of hydrogen-bond acceptors (Lipinski definition) is 3. The van der Waals surface area contributed by atoms with Gasteiger partial charge in [-0.05, 0) is 31.6 Å². The summed E-state index contributed by atoms with van der Waals surface area (Å²) in [7, 11) is 0. The minimum absolute atomic E-state index is 0.724. The average molecular weight is 239 g/mol. The van der Waals surface area contributed by atoms with Crippen LogP contribution in [0.2, 0.25) is 0 Å². The first-order chi connectivity index (χ1) is 7.88. The Balaban J connectivity index is 1.65. The Morgan fingerprint density at radius 1 is 1.50 bits per heavy atom. The van der Waals surface area contributed by atoms with Gasteiger partial charge in [-0.1, -0.05) is 6.42 Å². The summed E-state index contributed by atoms with van der Waals surface area (Å²) in [5.41, 5.74) is 0. The molecule has 2 rings (SSSR count). The monoisotopic (exact) mass is 239 g/mol. The molecule has 0 aromatic carbocycles. The van der Waals surface area contributed by atoms with E-state index >= 15 is 0 Å². The van der Waals surface area contributed by atoms with Gasteiger partial charge in [-0.3, -0.25) is 4.68 Å². The third-order valence-corrected chi connectivity index (χ3v) is 4.39. The van der Waals surface area contributed by atoms with Crippen molar-refractivity contribution in [2.24, 2.45) is 0 Å². The van der Waals surface area contributed by atoms with E-state index < -0.39 is 0 Å². The Bertz CT molecular complexity index is 286. The van der Waals surface area contributed by atoms with Crippen molar-refractivity contribution in [2.75, 3.05) is 12.8 Å². The van der Waals surface area contributed by atoms with E-state index in [-0.39, 0.29) is 0 Å². The number of nitrogens with zero attached hydrogens (tertiary/aromatic N) is 2. The van der Waals surface area contributed by atoms with Gasteiger partial charge >= 0.3 is 0 Å². The van der Waals surface area contributed by atoms with Gasteiger partial charge in [0.05, 0.1) is 6.54 Å². The van der Waals surface area contributed by atoms with Crippen molar-refractivity contribution >= 4 is 11.8 Å². The van der Waals surface area contributed by atoms with Crippen LogP contribution in [0, 0.1) is 0 Å². The topological polar surface area (TPSA) is 29.9 Å². The maximum atomic E-state index is 4.20. The predicted octanol–water partition coefficient (Wildman–Crippen LogP) is 2.15. The third kappa shape index (κ3) is 3.52. The molecule has 3 nitrogen and oxygen atoms in total. The van der Waals surface area contributed by atoms with Crippen LogP contribution in [0.1, 0.15) is 25.7 Å².